The smallest absolute Gasteiger partial charge is 0.134 e. The third-order valence-corrected chi connectivity index (χ3v) is 4.16. The molecule has 0 unspecified atom stereocenters. The molecule has 1 aromatic carbocycles. The van der Waals surface area contributed by atoms with Crippen LogP contribution in [0.5, 0.6) is 0 Å². The minimum absolute atomic E-state index is 0.470. The van der Waals surface area contributed by atoms with E-state index in [1.54, 1.807) is 0 Å². The molecule has 0 bridgehead atoms. The van der Waals surface area contributed by atoms with E-state index in [0.717, 1.165) is 37.5 Å². The molecule has 2 heterocycles. The lowest BCUT2D eigenvalue weighted by Crippen LogP contribution is -2.28. The van der Waals surface area contributed by atoms with E-state index in [2.05, 4.69) is 29.0 Å². The van der Waals surface area contributed by atoms with Gasteiger partial charge in [0.05, 0.1) is 6.54 Å². The molecule has 3 rings (SSSR count). The van der Waals surface area contributed by atoms with E-state index in [-0.39, 0.29) is 0 Å². The zero-order valence-corrected chi connectivity index (χ0v) is 12.1. The Bertz CT molecular complexity index is 578. The molecule has 0 aliphatic carbocycles. The van der Waals surface area contributed by atoms with Crippen LogP contribution in [-0.2, 0) is 13.1 Å². The van der Waals surface area contributed by atoms with Gasteiger partial charge in [-0.05, 0) is 32.6 Å². The molecule has 1 aliphatic rings. The first kappa shape index (κ1) is 13.6. The molecule has 4 nitrogen and oxygen atoms in total. The first-order valence-corrected chi connectivity index (χ1v) is 7.38. The maximum absolute atomic E-state index is 5.88. The van der Waals surface area contributed by atoms with Crippen LogP contribution < -0.4 is 5.73 Å². The lowest BCUT2D eigenvalue weighted by Gasteiger charge is -2.20. The van der Waals surface area contributed by atoms with Gasteiger partial charge in [0.15, 0.2) is 0 Å². The molecule has 108 valence electrons. The number of para-hydroxylation sites is 1. The molecule has 0 saturated carbocycles. The lowest BCUT2D eigenvalue weighted by atomic mass is 10.1. The second-order valence-corrected chi connectivity index (χ2v) is 5.64. The van der Waals surface area contributed by atoms with Gasteiger partial charge in [0, 0.05) is 30.6 Å². The molecule has 2 N–H and O–H groups in total. The molecule has 4 heteroatoms. The summed E-state index contributed by atoms with van der Waals surface area (Å²) < 4.78 is 5.88. The topological polar surface area (TPSA) is 45.6 Å². The average molecular weight is 273 g/mol. The highest BCUT2D eigenvalue weighted by Crippen LogP contribution is 2.27. The fraction of sp³-hybridized carbons (Fsp3) is 0.500. The Kier molecular flexibility index (Phi) is 4.05. The molecule has 20 heavy (non-hydrogen) atoms. The number of nitrogens with two attached hydrogens (primary N) is 1. The second kappa shape index (κ2) is 5.95. The number of likely N-dealkylation sites (N-methyl/N-ethyl adjacent to an activating group) is 1. The van der Waals surface area contributed by atoms with Gasteiger partial charge in [-0.3, -0.25) is 4.90 Å². The standard InChI is InChI=1S/C16H23N3O/c1-18-7-4-8-19(10-9-18)12-14-13-5-2-3-6-15(13)20-16(14)11-17/h2-3,5-6H,4,7-12,17H2,1H3. The highest BCUT2D eigenvalue weighted by molar-refractivity contribution is 5.82. The zero-order chi connectivity index (χ0) is 13.9. The molecule has 0 radical (unpaired) electrons. The summed E-state index contributed by atoms with van der Waals surface area (Å²) >= 11 is 0. The van der Waals surface area contributed by atoms with Crippen molar-refractivity contribution in [3.63, 3.8) is 0 Å². The van der Waals surface area contributed by atoms with Gasteiger partial charge < -0.3 is 15.1 Å². The molecule has 0 atom stereocenters. The summed E-state index contributed by atoms with van der Waals surface area (Å²) in [4.78, 5) is 4.91. The maximum Gasteiger partial charge on any atom is 0.134 e. The third-order valence-electron chi connectivity index (χ3n) is 4.16. The lowest BCUT2D eigenvalue weighted by molar-refractivity contribution is 0.268. The van der Waals surface area contributed by atoms with Crippen LogP contribution in [0.2, 0.25) is 0 Å². The Hall–Kier alpha value is -1.36. The maximum atomic E-state index is 5.88. The summed E-state index contributed by atoms with van der Waals surface area (Å²) in [5, 5.41) is 1.21. The largest absolute Gasteiger partial charge is 0.459 e. The van der Waals surface area contributed by atoms with Crippen molar-refractivity contribution in [2.45, 2.75) is 19.5 Å². The van der Waals surface area contributed by atoms with Crippen LogP contribution in [-0.4, -0.2) is 43.0 Å². The van der Waals surface area contributed by atoms with Gasteiger partial charge in [0.2, 0.25) is 0 Å². The molecular formula is C16H23N3O. The summed E-state index contributed by atoms with van der Waals surface area (Å²) in [5.41, 5.74) is 8.08. The minimum Gasteiger partial charge on any atom is -0.459 e. The predicted octanol–water partition coefficient (Wildman–Crippen LogP) is 2.03. The molecule has 1 saturated heterocycles. The van der Waals surface area contributed by atoms with E-state index in [4.69, 9.17) is 10.2 Å². The highest BCUT2D eigenvalue weighted by atomic mass is 16.3. The Labute approximate surface area is 120 Å². The van der Waals surface area contributed by atoms with Gasteiger partial charge in [0.1, 0.15) is 11.3 Å². The number of furan rings is 1. The Morgan fingerprint density at radius 3 is 2.85 bits per heavy atom. The van der Waals surface area contributed by atoms with Crippen molar-refractivity contribution in [2.24, 2.45) is 5.73 Å². The van der Waals surface area contributed by atoms with E-state index in [0.29, 0.717) is 6.54 Å². The molecule has 0 amide bonds. The number of rotatable bonds is 3. The number of benzene rings is 1. The van der Waals surface area contributed by atoms with E-state index in [1.807, 2.05) is 12.1 Å². The minimum atomic E-state index is 0.470. The van der Waals surface area contributed by atoms with E-state index >= 15 is 0 Å². The Balaban J connectivity index is 1.85. The number of hydrogen-bond donors (Lipinski definition) is 1. The van der Waals surface area contributed by atoms with Crippen molar-refractivity contribution in [1.82, 2.24) is 9.80 Å². The van der Waals surface area contributed by atoms with Crippen LogP contribution in [0.25, 0.3) is 11.0 Å². The number of fused-ring (bicyclic) bond motifs is 1. The van der Waals surface area contributed by atoms with Crippen LogP contribution in [0.4, 0.5) is 0 Å². The normalized spacial score (nSPS) is 18.5. The van der Waals surface area contributed by atoms with Gasteiger partial charge in [-0.2, -0.15) is 0 Å². The van der Waals surface area contributed by atoms with Crippen molar-refractivity contribution in [2.75, 3.05) is 33.2 Å². The van der Waals surface area contributed by atoms with Gasteiger partial charge in [-0.1, -0.05) is 18.2 Å². The van der Waals surface area contributed by atoms with Crippen LogP contribution in [0.3, 0.4) is 0 Å². The van der Waals surface area contributed by atoms with E-state index in [1.165, 1.54) is 23.9 Å². The fourth-order valence-corrected chi connectivity index (χ4v) is 2.97. The molecular weight excluding hydrogens is 250 g/mol. The Morgan fingerprint density at radius 1 is 1.15 bits per heavy atom. The average Bonchev–Trinajstić information content (AvgIpc) is 2.69. The SMILES string of the molecule is CN1CCCN(Cc2c(CN)oc3ccccc23)CC1. The van der Waals surface area contributed by atoms with E-state index in [9.17, 15) is 0 Å². The molecule has 1 aliphatic heterocycles. The molecule has 1 aromatic heterocycles. The summed E-state index contributed by atoms with van der Waals surface area (Å²) in [6.07, 6.45) is 1.23. The van der Waals surface area contributed by atoms with Crippen LogP contribution in [0, 0.1) is 0 Å². The van der Waals surface area contributed by atoms with Crippen LogP contribution in [0.15, 0.2) is 28.7 Å². The molecule has 1 fully saturated rings. The first-order chi connectivity index (χ1) is 9.78. The summed E-state index contributed by atoms with van der Waals surface area (Å²) in [7, 11) is 2.20. The molecule has 0 spiro atoms. The molecule has 2 aromatic rings. The van der Waals surface area contributed by atoms with Crippen molar-refractivity contribution >= 4 is 11.0 Å². The van der Waals surface area contributed by atoms with Crippen molar-refractivity contribution in [3.05, 3.63) is 35.6 Å². The number of hydrogen-bond acceptors (Lipinski definition) is 4. The van der Waals surface area contributed by atoms with E-state index < -0.39 is 0 Å². The number of nitrogens with zero attached hydrogens (tertiary/aromatic N) is 2. The predicted molar refractivity (Wildman–Crippen MR) is 81.5 cm³/mol. The van der Waals surface area contributed by atoms with Crippen molar-refractivity contribution in [3.8, 4) is 0 Å². The second-order valence-electron chi connectivity index (χ2n) is 5.64. The van der Waals surface area contributed by atoms with Crippen molar-refractivity contribution < 1.29 is 4.42 Å². The summed E-state index contributed by atoms with van der Waals surface area (Å²) in [5.74, 6) is 0.934. The quantitative estimate of drug-likeness (QED) is 0.929. The van der Waals surface area contributed by atoms with Gasteiger partial charge >= 0.3 is 0 Å². The monoisotopic (exact) mass is 273 g/mol. The third kappa shape index (κ3) is 2.73. The summed E-state index contributed by atoms with van der Waals surface area (Å²) in [6.45, 7) is 5.99. The van der Waals surface area contributed by atoms with Crippen molar-refractivity contribution in [1.29, 1.82) is 0 Å². The Morgan fingerprint density at radius 2 is 2.00 bits per heavy atom. The zero-order valence-electron chi connectivity index (χ0n) is 12.1. The van der Waals surface area contributed by atoms with Gasteiger partial charge in [0.25, 0.3) is 0 Å². The fourth-order valence-electron chi connectivity index (χ4n) is 2.97. The van der Waals surface area contributed by atoms with Crippen LogP contribution in [0.1, 0.15) is 17.7 Å². The first-order valence-electron chi connectivity index (χ1n) is 7.38. The van der Waals surface area contributed by atoms with Gasteiger partial charge in [-0.25, -0.2) is 0 Å². The van der Waals surface area contributed by atoms with Gasteiger partial charge in [-0.15, -0.1) is 0 Å². The summed E-state index contributed by atoms with van der Waals surface area (Å²) in [6, 6.07) is 8.24. The van der Waals surface area contributed by atoms with Crippen LogP contribution >= 0.6 is 0 Å². The highest BCUT2D eigenvalue weighted by Gasteiger charge is 2.18.